The minimum atomic E-state index is -0.143. The number of aryl methyl sites for hydroxylation is 1. The number of nitrogens with zero attached hydrogens (tertiary/aromatic N) is 1. The Morgan fingerprint density at radius 1 is 1.24 bits per heavy atom. The number of rotatable bonds is 7. The highest BCUT2D eigenvalue weighted by Crippen LogP contribution is 2.19. The van der Waals surface area contributed by atoms with Crippen LogP contribution in [0.2, 0.25) is 0 Å². The van der Waals surface area contributed by atoms with E-state index in [0.29, 0.717) is 45.7 Å². The third-order valence-electron chi connectivity index (χ3n) is 4.35. The van der Waals surface area contributed by atoms with E-state index in [1.54, 1.807) is 4.90 Å². The fourth-order valence-corrected chi connectivity index (χ4v) is 2.86. The summed E-state index contributed by atoms with van der Waals surface area (Å²) in [6, 6.07) is 7.81. The predicted molar refractivity (Wildman–Crippen MR) is 95.6 cm³/mol. The predicted octanol–water partition coefficient (Wildman–Crippen LogP) is 2.75. The van der Waals surface area contributed by atoms with Crippen molar-refractivity contribution in [2.45, 2.75) is 33.1 Å². The Hall–Kier alpha value is -2.24. The molecule has 1 heterocycles. The van der Waals surface area contributed by atoms with Crippen LogP contribution in [0.3, 0.4) is 0 Å². The highest BCUT2D eigenvalue weighted by molar-refractivity contribution is 5.76. The molecule has 0 unspecified atom stereocenters. The second-order valence-corrected chi connectivity index (χ2v) is 6.21. The lowest BCUT2D eigenvalue weighted by atomic mass is 9.97. The highest BCUT2D eigenvalue weighted by atomic mass is 16.5. The number of hydrogen-bond donors (Lipinski definition) is 1. The minimum absolute atomic E-state index is 0.0711. The third kappa shape index (κ3) is 5.96. The van der Waals surface area contributed by atoms with Gasteiger partial charge < -0.3 is 19.7 Å². The van der Waals surface area contributed by atoms with E-state index in [9.17, 15) is 9.59 Å². The van der Waals surface area contributed by atoms with E-state index in [2.05, 4.69) is 5.32 Å². The first-order valence-electron chi connectivity index (χ1n) is 8.99. The average Bonchev–Trinajstić information content (AvgIpc) is 2.63. The zero-order valence-corrected chi connectivity index (χ0v) is 15.1. The number of ether oxygens (including phenoxy) is 2. The van der Waals surface area contributed by atoms with Gasteiger partial charge in [0.2, 0.25) is 0 Å². The Morgan fingerprint density at radius 3 is 2.64 bits per heavy atom. The molecule has 1 saturated heterocycles. The molecule has 1 aromatic carbocycles. The zero-order valence-electron chi connectivity index (χ0n) is 15.1. The second-order valence-electron chi connectivity index (χ2n) is 6.21. The summed E-state index contributed by atoms with van der Waals surface area (Å²) < 4.78 is 10.8. The van der Waals surface area contributed by atoms with Crippen LogP contribution in [0.4, 0.5) is 4.79 Å². The smallest absolute Gasteiger partial charge is 0.317 e. The van der Waals surface area contributed by atoms with E-state index in [4.69, 9.17) is 9.47 Å². The monoisotopic (exact) mass is 348 g/mol. The normalized spacial score (nSPS) is 14.9. The molecular weight excluding hydrogens is 320 g/mol. The number of carbonyl (C=O) groups is 2. The summed E-state index contributed by atoms with van der Waals surface area (Å²) >= 11 is 0. The fraction of sp³-hybridized carbons (Fsp3) is 0.579. The fourth-order valence-electron chi connectivity index (χ4n) is 2.86. The highest BCUT2D eigenvalue weighted by Gasteiger charge is 2.27. The SMILES string of the molecule is CCOC(=O)C1CCN(C(=O)NCCCOc2ccccc2C)CC1. The Kier molecular flexibility index (Phi) is 7.57. The maximum Gasteiger partial charge on any atom is 0.317 e. The van der Waals surface area contributed by atoms with Gasteiger partial charge in [0.1, 0.15) is 5.75 Å². The number of esters is 1. The van der Waals surface area contributed by atoms with Gasteiger partial charge in [-0.05, 0) is 44.7 Å². The standard InChI is InChI=1S/C19H28N2O4/c1-3-24-18(22)16-9-12-21(13-10-16)19(23)20-11-6-14-25-17-8-5-4-7-15(17)2/h4-5,7-8,16H,3,6,9-14H2,1-2H3,(H,20,23). The van der Waals surface area contributed by atoms with Crippen molar-refractivity contribution in [1.29, 1.82) is 0 Å². The molecule has 0 aromatic heterocycles. The van der Waals surface area contributed by atoms with E-state index < -0.39 is 0 Å². The van der Waals surface area contributed by atoms with Gasteiger partial charge in [0.05, 0.1) is 19.1 Å². The topological polar surface area (TPSA) is 67.9 Å². The molecular formula is C19H28N2O4. The number of para-hydroxylation sites is 1. The number of benzene rings is 1. The number of nitrogens with one attached hydrogen (secondary N) is 1. The van der Waals surface area contributed by atoms with Crippen molar-refractivity contribution in [3.05, 3.63) is 29.8 Å². The molecule has 1 aromatic rings. The molecule has 6 nitrogen and oxygen atoms in total. The third-order valence-corrected chi connectivity index (χ3v) is 4.35. The van der Waals surface area contributed by atoms with Crippen LogP contribution in [0.25, 0.3) is 0 Å². The summed E-state index contributed by atoms with van der Waals surface area (Å²) in [7, 11) is 0. The van der Waals surface area contributed by atoms with Gasteiger partial charge in [-0.25, -0.2) is 4.79 Å². The second kappa shape index (κ2) is 9.91. The van der Waals surface area contributed by atoms with Gasteiger partial charge in [0.15, 0.2) is 0 Å². The molecule has 1 aliphatic heterocycles. The number of amides is 2. The molecule has 6 heteroatoms. The summed E-state index contributed by atoms with van der Waals surface area (Å²) in [5.41, 5.74) is 1.11. The largest absolute Gasteiger partial charge is 0.493 e. The van der Waals surface area contributed by atoms with Gasteiger partial charge in [0, 0.05) is 19.6 Å². The quantitative estimate of drug-likeness (QED) is 0.608. The number of piperidine rings is 1. The van der Waals surface area contributed by atoms with E-state index in [1.807, 2.05) is 38.1 Å². The Bertz CT molecular complexity index is 568. The number of hydrogen-bond acceptors (Lipinski definition) is 4. The van der Waals surface area contributed by atoms with Crippen molar-refractivity contribution in [2.75, 3.05) is 32.8 Å². The van der Waals surface area contributed by atoms with Crippen LogP contribution < -0.4 is 10.1 Å². The molecule has 0 saturated carbocycles. The summed E-state index contributed by atoms with van der Waals surface area (Å²) in [6.45, 7) is 6.55. The van der Waals surface area contributed by atoms with Crippen molar-refractivity contribution in [2.24, 2.45) is 5.92 Å². The van der Waals surface area contributed by atoms with Crippen LogP contribution >= 0.6 is 0 Å². The molecule has 0 spiro atoms. The van der Waals surface area contributed by atoms with Crippen LogP contribution in [0.5, 0.6) is 5.75 Å². The van der Waals surface area contributed by atoms with Crippen molar-refractivity contribution < 1.29 is 19.1 Å². The Morgan fingerprint density at radius 2 is 1.96 bits per heavy atom. The average molecular weight is 348 g/mol. The first-order chi connectivity index (χ1) is 12.1. The van der Waals surface area contributed by atoms with Crippen LogP contribution in [0.15, 0.2) is 24.3 Å². The molecule has 0 atom stereocenters. The van der Waals surface area contributed by atoms with Crippen molar-refractivity contribution in [3.63, 3.8) is 0 Å². The molecule has 2 rings (SSSR count). The molecule has 138 valence electrons. The van der Waals surface area contributed by atoms with Crippen LogP contribution in [-0.4, -0.2) is 49.7 Å². The van der Waals surface area contributed by atoms with Gasteiger partial charge in [-0.2, -0.15) is 0 Å². The molecule has 0 aliphatic carbocycles. The van der Waals surface area contributed by atoms with Gasteiger partial charge in [-0.3, -0.25) is 4.79 Å². The summed E-state index contributed by atoms with van der Waals surface area (Å²) in [5.74, 6) is 0.664. The van der Waals surface area contributed by atoms with Gasteiger partial charge in [-0.1, -0.05) is 18.2 Å². The Labute approximate surface area is 149 Å². The molecule has 0 bridgehead atoms. The molecule has 1 N–H and O–H groups in total. The zero-order chi connectivity index (χ0) is 18.1. The molecule has 0 radical (unpaired) electrons. The molecule has 1 aliphatic rings. The first-order valence-corrected chi connectivity index (χ1v) is 8.99. The van der Waals surface area contributed by atoms with E-state index >= 15 is 0 Å². The van der Waals surface area contributed by atoms with Crippen LogP contribution in [-0.2, 0) is 9.53 Å². The number of urea groups is 1. The first kappa shape index (κ1) is 19.1. The van der Waals surface area contributed by atoms with Crippen LogP contribution in [0, 0.1) is 12.8 Å². The maximum absolute atomic E-state index is 12.1. The van der Waals surface area contributed by atoms with E-state index in [0.717, 1.165) is 17.7 Å². The van der Waals surface area contributed by atoms with E-state index in [-0.39, 0.29) is 17.9 Å². The van der Waals surface area contributed by atoms with Gasteiger partial charge in [0.25, 0.3) is 0 Å². The molecule has 1 fully saturated rings. The van der Waals surface area contributed by atoms with Crippen molar-refractivity contribution >= 4 is 12.0 Å². The van der Waals surface area contributed by atoms with Gasteiger partial charge in [-0.15, -0.1) is 0 Å². The van der Waals surface area contributed by atoms with Crippen molar-refractivity contribution in [1.82, 2.24) is 10.2 Å². The molecule has 2 amide bonds. The minimum Gasteiger partial charge on any atom is -0.493 e. The van der Waals surface area contributed by atoms with E-state index in [1.165, 1.54) is 0 Å². The molecule has 25 heavy (non-hydrogen) atoms. The summed E-state index contributed by atoms with van der Waals surface area (Å²) in [6.07, 6.45) is 2.09. The van der Waals surface area contributed by atoms with Crippen molar-refractivity contribution in [3.8, 4) is 5.75 Å². The lowest BCUT2D eigenvalue weighted by molar-refractivity contribution is -0.149. The number of likely N-dealkylation sites (tertiary alicyclic amines) is 1. The Balaban J connectivity index is 1.60. The summed E-state index contributed by atoms with van der Waals surface area (Å²) in [5, 5.41) is 2.91. The lowest BCUT2D eigenvalue weighted by Gasteiger charge is -2.30. The lowest BCUT2D eigenvalue weighted by Crippen LogP contribution is -2.46. The maximum atomic E-state index is 12.1. The van der Waals surface area contributed by atoms with Crippen LogP contribution in [0.1, 0.15) is 31.7 Å². The summed E-state index contributed by atoms with van der Waals surface area (Å²) in [4.78, 5) is 25.6. The number of carbonyl (C=O) groups excluding carboxylic acids is 2. The van der Waals surface area contributed by atoms with Gasteiger partial charge >= 0.3 is 12.0 Å².